The van der Waals surface area contributed by atoms with Crippen LogP contribution in [0.1, 0.15) is 16.1 Å². The number of aromatic nitrogens is 2. The van der Waals surface area contributed by atoms with Crippen LogP contribution >= 0.6 is 0 Å². The minimum atomic E-state index is -0.271. The van der Waals surface area contributed by atoms with E-state index in [0.717, 1.165) is 28.3 Å². The minimum absolute atomic E-state index is 0.271. The third-order valence-electron chi connectivity index (χ3n) is 4.11. The van der Waals surface area contributed by atoms with Crippen molar-refractivity contribution in [3.63, 3.8) is 0 Å². The van der Waals surface area contributed by atoms with Crippen molar-refractivity contribution in [2.24, 2.45) is 0 Å². The van der Waals surface area contributed by atoms with Gasteiger partial charge in [0.05, 0.1) is 17.7 Å². The maximum atomic E-state index is 12.3. The molecular weight excluding hydrogens is 340 g/mol. The Morgan fingerprint density at radius 2 is 1.89 bits per heavy atom. The summed E-state index contributed by atoms with van der Waals surface area (Å²) in [6.45, 7) is 1.83. The van der Waals surface area contributed by atoms with Crippen LogP contribution in [0.3, 0.4) is 0 Å². The number of H-pyrrole nitrogens is 1. The Kier molecular flexibility index (Phi) is 4.45. The molecule has 0 aliphatic carbocycles. The third-order valence-corrected chi connectivity index (χ3v) is 4.11. The van der Waals surface area contributed by atoms with Crippen LogP contribution in [0.25, 0.3) is 11.4 Å². The summed E-state index contributed by atoms with van der Waals surface area (Å²) in [5.41, 5.74) is 5.04. The fraction of sp³-hybridized carbons (Fsp3) is 0.0476. The normalized spacial score (nSPS) is 10.6. The lowest BCUT2D eigenvalue weighted by molar-refractivity contribution is 0.0996. The number of rotatable bonds is 5. The van der Waals surface area contributed by atoms with Crippen LogP contribution < -0.4 is 10.6 Å². The molecule has 4 aromatic rings. The molecule has 6 heteroatoms. The number of carbonyl (C=O) groups excluding carboxylic acids is 1. The van der Waals surface area contributed by atoms with E-state index in [1.54, 1.807) is 12.3 Å². The Morgan fingerprint density at radius 1 is 1.04 bits per heavy atom. The van der Waals surface area contributed by atoms with Gasteiger partial charge >= 0.3 is 0 Å². The number of nitrogens with one attached hydrogen (secondary N) is 3. The van der Waals surface area contributed by atoms with E-state index < -0.39 is 0 Å². The number of amides is 1. The first kappa shape index (κ1) is 16.7. The lowest BCUT2D eigenvalue weighted by Gasteiger charge is -2.10. The largest absolute Gasteiger partial charge is 0.459 e. The molecule has 3 aromatic heterocycles. The SMILES string of the molecule is Cc1ccoc1C(=O)Nc1cccc(Nc2ccnc(-c3ccc[nH]3)c2)c1. The van der Waals surface area contributed by atoms with Gasteiger partial charge in [0.1, 0.15) is 0 Å². The van der Waals surface area contributed by atoms with Gasteiger partial charge in [0, 0.05) is 35.0 Å². The average Bonchev–Trinajstić information content (AvgIpc) is 3.34. The number of carbonyl (C=O) groups is 1. The number of hydrogen-bond acceptors (Lipinski definition) is 4. The predicted molar refractivity (Wildman–Crippen MR) is 105 cm³/mol. The molecular formula is C21H18N4O2. The Morgan fingerprint density at radius 3 is 2.67 bits per heavy atom. The number of nitrogens with zero attached hydrogens (tertiary/aromatic N) is 1. The molecule has 3 N–H and O–H groups in total. The average molecular weight is 358 g/mol. The highest BCUT2D eigenvalue weighted by Gasteiger charge is 2.12. The zero-order valence-corrected chi connectivity index (χ0v) is 14.7. The van der Waals surface area contributed by atoms with Gasteiger partial charge in [-0.2, -0.15) is 0 Å². The Hall–Kier alpha value is -3.80. The molecule has 134 valence electrons. The number of benzene rings is 1. The first-order valence-electron chi connectivity index (χ1n) is 8.51. The second-order valence-electron chi connectivity index (χ2n) is 6.11. The van der Waals surface area contributed by atoms with E-state index in [2.05, 4.69) is 20.6 Å². The van der Waals surface area contributed by atoms with Crippen molar-refractivity contribution >= 4 is 23.0 Å². The lowest BCUT2D eigenvalue weighted by atomic mass is 10.2. The summed E-state index contributed by atoms with van der Waals surface area (Å²) in [6.07, 6.45) is 5.13. The van der Waals surface area contributed by atoms with Crippen LogP contribution in [0.15, 0.2) is 77.7 Å². The number of furan rings is 1. The first-order valence-corrected chi connectivity index (χ1v) is 8.51. The number of hydrogen-bond donors (Lipinski definition) is 3. The molecule has 0 aliphatic rings. The Bertz CT molecular complexity index is 1070. The van der Waals surface area contributed by atoms with Crippen LogP contribution in [-0.4, -0.2) is 15.9 Å². The van der Waals surface area contributed by atoms with Crippen LogP contribution in [0.5, 0.6) is 0 Å². The van der Waals surface area contributed by atoms with Crippen molar-refractivity contribution in [3.8, 4) is 11.4 Å². The molecule has 0 saturated heterocycles. The van der Waals surface area contributed by atoms with Gasteiger partial charge in [-0.25, -0.2) is 0 Å². The van der Waals surface area contributed by atoms with Crippen molar-refractivity contribution in [2.45, 2.75) is 6.92 Å². The number of aromatic amines is 1. The van der Waals surface area contributed by atoms with E-state index in [1.807, 2.05) is 61.7 Å². The minimum Gasteiger partial charge on any atom is -0.459 e. The van der Waals surface area contributed by atoms with Gasteiger partial charge < -0.3 is 20.0 Å². The van der Waals surface area contributed by atoms with Crippen LogP contribution in [0.2, 0.25) is 0 Å². The molecule has 27 heavy (non-hydrogen) atoms. The highest BCUT2D eigenvalue weighted by molar-refractivity contribution is 6.03. The van der Waals surface area contributed by atoms with Gasteiger partial charge in [-0.3, -0.25) is 9.78 Å². The highest BCUT2D eigenvalue weighted by atomic mass is 16.3. The molecule has 0 radical (unpaired) electrons. The summed E-state index contributed by atoms with van der Waals surface area (Å²) in [4.78, 5) is 19.8. The van der Waals surface area contributed by atoms with Crippen LogP contribution in [0.4, 0.5) is 17.1 Å². The van der Waals surface area contributed by atoms with E-state index in [9.17, 15) is 4.79 Å². The molecule has 0 aliphatic heterocycles. The summed E-state index contributed by atoms with van der Waals surface area (Å²) in [7, 11) is 0. The molecule has 1 amide bonds. The van der Waals surface area contributed by atoms with Gasteiger partial charge in [-0.05, 0) is 55.5 Å². The summed E-state index contributed by atoms with van der Waals surface area (Å²) < 4.78 is 5.24. The third kappa shape index (κ3) is 3.74. The first-order chi connectivity index (χ1) is 13.2. The summed E-state index contributed by atoms with van der Waals surface area (Å²) in [5.74, 6) is 0.0469. The zero-order chi connectivity index (χ0) is 18.6. The summed E-state index contributed by atoms with van der Waals surface area (Å²) >= 11 is 0. The summed E-state index contributed by atoms with van der Waals surface area (Å²) in [6, 6.07) is 17.0. The number of pyridine rings is 1. The molecule has 3 heterocycles. The second kappa shape index (κ2) is 7.21. The lowest BCUT2D eigenvalue weighted by Crippen LogP contribution is -2.12. The maximum absolute atomic E-state index is 12.3. The van der Waals surface area contributed by atoms with Crippen molar-refractivity contribution < 1.29 is 9.21 Å². The van der Waals surface area contributed by atoms with Crippen molar-refractivity contribution in [3.05, 3.63) is 84.6 Å². The molecule has 6 nitrogen and oxygen atoms in total. The smallest absolute Gasteiger partial charge is 0.291 e. The van der Waals surface area contributed by atoms with Crippen molar-refractivity contribution in [1.82, 2.24) is 9.97 Å². The van der Waals surface area contributed by atoms with Crippen LogP contribution in [-0.2, 0) is 0 Å². The monoisotopic (exact) mass is 358 g/mol. The molecule has 0 bridgehead atoms. The molecule has 1 aromatic carbocycles. The Balaban J connectivity index is 1.51. The van der Waals surface area contributed by atoms with E-state index in [-0.39, 0.29) is 5.91 Å². The van der Waals surface area contributed by atoms with Crippen LogP contribution in [0, 0.1) is 6.92 Å². The fourth-order valence-corrected chi connectivity index (χ4v) is 2.78. The quantitative estimate of drug-likeness (QED) is 0.470. The number of aryl methyl sites for hydroxylation is 1. The maximum Gasteiger partial charge on any atom is 0.291 e. The van der Waals surface area contributed by atoms with Crippen molar-refractivity contribution in [2.75, 3.05) is 10.6 Å². The highest BCUT2D eigenvalue weighted by Crippen LogP contribution is 2.24. The second-order valence-corrected chi connectivity index (χ2v) is 6.11. The van der Waals surface area contributed by atoms with E-state index >= 15 is 0 Å². The summed E-state index contributed by atoms with van der Waals surface area (Å²) in [5, 5.41) is 6.19. The molecule has 0 saturated carbocycles. The fourth-order valence-electron chi connectivity index (χ4n) is 2.78. The molecule has 4 rings (SSSR count). The Labute approximate surface area is 156 Å². The number of anilines is 3. The molecule has 0 fully saturated rings. The van der Waals surface area contributed by atoms with Gasteiger partial charge in [0.15, 0.2) is 5.76 Å². The predicted octanol–water partition coefficient (Wildman–Crippen LogP) is 4.97. The van der Waals surface area contributed by atoms with Crippen molar-refractivity contribution in [1.29, 1.82) is 0 Å². The standard InChI is InChI=1S/C21H18N4O2/c1-14-8-11-27-20(14)21(26)25-16-5-2-4-15(12-16)24-17-7-10-23-19(13-17)18-6-3-9-22-18/h2-13,22H,1H3,(H,23,24)(H,25,26). The van der Waals surface area contributed by atoms with Gasteiger partial charge in [-0.1, -0.05) is 6.07 Å². The molecule has 0 unspecified atom stereocenters. The van der Waals surface area contributed by atoms with E-state index in [4.69, 9.17) is 4.42 Å². The van der Waals surface area contributed by atoms with Gasteiger partial charge in [0.25, 0.3) is 5.91 Å². The molecule has 0 spiro atoms. The molecule has 0 atom stereocenters. The topological polar surface area (TPSA) is 82.9 Å². The van der Waals surface area contributed by atoms with Gasteiger partial charge in [0.2, 0.25) is 0 Å². The van der Waals surface area contributed by atoms with E-state index in [0.29, 0.717) is 11.4 Å². The van der Waals surface area contributed by atoms with Gasteiger partial charge in [-0.15, -0.1) is 0 Å². The van der Waals surface area contributed by atoms with E-state index in [1.165, 1.54) is 6.26 Å². The zero-order valence-electron chi connectivity index (χ0n) is 14.7.